The molecule has 4 rings (SSSR count). The van der Waals surface area contributed by atoms with Crippen LogP contribution in [-0.2, 0) is 6.54 Å². The molecule has 134 valence electrons. The molecule has 0 amide bonds. The van der Waals surface area contributed by atoms with Crippen LogP contribution in [0.1, 0.15) is 12.0 Å². The minimum atomic E-state index is 0.528. The monoisotopic (exact) mass is 357 g/mol. The lowest BCUT2D eigenvalue weighted by Gasteiger charge is -2.12. The fourth-order valence-electron chi connectivity index (χ4n) is 3.22. The SMILES string of the molecule is COc1ccc2ncc(C#N)c(NCCCn3ncc4ccccc43)c2c1. The highest BCUT2D eigenvalue weighted by Gasteiger charge is 2.10. The van der Waals surface area contributed by atoms with E-state index in [0.717, 1.165) is 52.8 Å². The summed E-state index contributed by atoms with van der Waals surface area (Å²) in [6.07, 6.45) is 4.38. The van der Waals surface area contributed by atoms with Crippen molar-refractivity contribution in [2.45, 2.75) is 13.0 Å². The molecule has 0 aliphatic heterocycles. The second-order valence-electron chi connectivity index (χ2n) is 6.25. The first-order chi connectivity index (χ1) is 13.3. The normalized spacial score (nSPS) is 10.8. The predicted octanol–water partition coefficient (Wildman–Crippen LogP) is 3.97. The first-order valence-corrected chi connectivity index (χ1v) is 8.81. The molecule has 0 saturated heterocycles. The van der Waals surface area contributed by atoms with Gasteiger partial charge < -0.3 is 10.1 Å². The van der Waals surface area contributed by atoms with E-state index in [4.69, 9.17) is 4.74 Å². The zero-order valence-corrected chi connectivity index (χ0v) is 15.0. The average Bonchev–Trinajstić information content (AvgIpc) is 3.13. The standard InChI is InChI=1S/C21H19N5O/c1-27-17-7-8-19-18(11-17)21(16(12-22)13-24-19)23-9-4-10-26-20-6-3-2-5-15(20)14-25-26/h2-3,5-8,11,13-14H,4,9-10H2,1H3,(H,23,24). The number of nitriles is 1. The van der Waals surface area contributed by atoms with Gasteiger partial charge in [0.05, 0.1) is 35.6 Å². The molecule has 2 aromatic carbocycles. The lowest BCUT2D eigenvalue weighted by molar-refractivity contribution is 0.415. The number of para-hydroxylation sites is 1. The van der Waals surface area contributed by atoms with Gasteiger partial charge in [0.2, 0.25) is 0 Å². The molecule has 0 aliphatic carbocycles. The van der Waals surface area contributed by atoms with Gasteiger partial charge in [-0.1, -0.05) is 18.2 Å². The van der Waals surface area contributed by atoms with Crippen molar-refractivity contribution in [3.8, 4) is 11.8 Å². The van der Waals surface area contributed by atoms with E-state index in [1.807, 2.05) is 41.2 Å². The number of hydrogen-bond acceptors (Lipinski definition) is 5. The van der Waals surface area contributed by atoms with E-state index in [9.17, 15) is 5.26 Å². The molecule has 2 aromatic heterocycles. The number of anilines is 1. The van der Waals surface area contributed by atoms with Gasteiger partial charge in [-0.2, -0.15) is 10.4 Å². The molecular weight excluding hydrogens is 338 g/mol. The van der Waals surface area contributed by atoms with Crippen LogP contribution in [0, 0.1) is 11.3 Å². The molecule has 0 bridgehead atoms. The molecular formula is C21H19N5O. The fourth-order valence-corrected chi connectivity index (χ4v) is 3.22. The van der Waals surface area contributed by atoms with Crippen molar-refractivity contribution in [2.24, 2.45) is 0 Å². The average molecular weight is 357 g/mol. The largest absolute Gasteiger partial charge is 0.497 e. The second-order valence-corrected chi connectivity index (χ2v) is 6.25. The summed E-state index contributed by atoms with van der Waals surface area (Å²) in [6, 6.07) is 16.1. The highest BCUT2D eigenvalue weighted by Crippen LogP contribution is 2.29. The summed E-state index contributed by atoms with van der Waals surface area (Å²) in [6.45, 7) is 1.52. The minimum absolute atomic E-state index is 0.528. The van der Waals surface area contributed by atoms with Crippen molar-refractivity contribution < 1.29 is 4.74 Å². The summed E-state index contributed by atoms with van der Waals surface area (Å²) in [5, 5.41) is 19.4. The van der Waals surface area contributed by atoms with Crippen LogP contribution in [0.25, 0.3) is 21.8 Å². The van der Waals surface area contributed by atoms with Crippen LogP contribution >= 0.6 is 0 Å². The molecule has 6 heteroatoms. The molecule has 0 unspecified atom stereocenters. The van der Waals surface area contributed by atoms with Gasteiger partial charge in [0.1, 0.15) is 11.8 Å². The van der Waals surface area contributed by atoms with Gasteiger partial charge in [-0.25, -0.2) is 0 Å². The van der Waals surface area contributed by atoms with E-state index < -0.39 is 0 Å². The third-order valence-electron chi connectivity index (χ3n) is 4.60. The molecule has 2 heterocycles. The van der Waals surface area contributed by atoms with Crippen LogP contribution in [0.15, 0.2) is 54.9 Å². The van der Waals surface area contributed by atoms with Crippen LogP contribution < -0.4 is 10.1 Å². The van der Waals surface area contributed by atoms with Crippen LogP contribution in [0.3, 0.4) is 0 Å². The van der Waals surface area contributed by atoms with Crippen LogP contribution in [-0.4, -0.2) is 28.4 Å². The topological polar surface area (TPSA) is 75.8 Å². The minimum Gasteiger partial charge on any atom is -0.497 e. The van der Waals surface area contributed by atoms with E-state index in [2.05, 4.69) is 33.6 Å². The van der Waals surface area contributed by atoms with E-state index in [-0.39, 0.29) is 0 Å². The van der Waals surface area contributed by atoms with E-state index >= 15 is 0 Å². The van der Waals surface area contributed by atoms with Crippen molar-refractivity contribution >= 4 is 27.5 Å². The number of nitrogens with one attached hydrogen (secondary N) is 1. The lowest BCUT2D eigenvalue weighted by atomic mass is 10.1. The first kappa shape index (κ1) is 16.9. The molecule has 4 aromatic rings. The maximum Gasteiger partial charge on any atom is 0.119 e. The van der Waals surface area contributed by atoms with Crippen LogP contribution in [0.2, 0.25) is 0 Å². The zero-order valence-electron chi connectivity index (χ0n) is 15.0. The zero-order chi connectivity index (χ0) is 18.6. The number of pyridine rings is 1. The number of hydrogen-bond donors (Lipinski definition) is 1. The Kier molecular flexibility index (Phi) is 4.58. The van der Waals surface area contributed by atoms with Crippen molar-refractivity contribution in [3.63, 3.8) is 0 Å². The molecule has 0 spiro atoms. The third-order valence-corrected chi connectivity index (χ3v) is 4.60. The second kappa shape index (κ2) is 7.34. The van der Waals surface area contributed by atoms with Gasteiger partial charge in [-0.15, -0.1) is 0 Å². The number of methoxy groups -OCH3 is 1. The maximum absolute atomic E-state index is 9.45. The number of rotatable bonds is 6. The molecule has 0 aliphatic rings. The molecule has 0 fully saturated rings. The quantitative estimate of drug-likeness (QED) is 0.529. The fraction of sp³-hybridized carbons (Fsp3) is 0.190. The summed E-state index contributed by atoms with van der Waals surface area (Å²) < 4.78 is 7.33. The highest BCUT2D eigenvalue weighted by atomic mass is 16.5. The molecule has 0 radical (unpaired) electrons. The maximum atomic E-state index is 9.45. The van der Waals surface area contributed by atoms with Gasteiger partial charge >= 0.3 is 0 Å². The summed E-state index contributed by atoms with van der Waals surface area (Å²) in [5.74, 6) is 0.741. The number of fused-ring (bicyclic) bond motifs is 2. The van der Waals surface area contributed by atoms with E-state index in [1.54, 1.807) is 13.3 Å². The van der Waals surface area contributed by atoms with Gasteiger partial charge in [0.15, 0.2) is 0 Å². The Balaban J connectivity index is 1.52. The summed E-state index contributed by atoms with van der Waals surface area (Å²) >= 11 is 0. The van der Waals surface area contributed by atoms with Crippen LogP contribution in [0.4, 0.5) is 5.69 Å². The van der Waals surface area contributed by atoms with Crippen molar-refractivity contribution in [2.75, 3.05) is 19.0 Å². The predicted molar refractivity (Wildman–Crippen MR) is 106 cm³/mol. The summed E-state index contributed by atoms with van der Waals surface area (Å²) in [7, 11) is 1.63. The Morgan fingerprint density at radius 3 is 2.93 bits per heavy atom. The van der Waals surface area contributed by atoms with E-state index in [0.29, 0.717) is 5.56 Å². The third kappa shape index (κ3) is 3.27. The number of aryl methyl sites for hydroxylation is 1. The molecule has 1 N–H and O–H groups in total. The smallest absolute Gasteiger partial charge is 0.119 e. The van der Waals surface area contributed by atoms with Gasteiger partial charge in [0, 0.05) is 30.1 Å². The number of aromatic nitrogens is 3. The van der Waals surface area contributed by atoms with Gasteiger partial charge in [0.25, 0.3) is 0 Å². The number of ether oxygens (including phenoxy) is 1. The summed E-state index contributed by atoms with van der Waals surface area (Å²) in [5.41, 5.74) is 3.29. The molecule has 0 saturated carbocycles. The van der Waals surface area contributed by atoms with Crippen molar-refractivity contribution in [1.29, 1.82) is 5.26 Å². The Bertz CT molecular complexity index is 1140. The number of benzene rings is 2. The van der Waals surface area contributed by atoms with Crippen molar-refractivity contribution in [1.82, 2.24) is 14.8 Å². The van der Waals surface area contributed by atoms with Crippen LogP contribution in [0.5, 0.6) is 5.75 Å². The highest BCUT2D eigenvalue weighted by molar-refractivity contribution is 5.94. The number of nitrogens with zero attached hydrogens (tertiary/aromatic N) is 4. The van der Waals surface area contributed by atoms with Crippen molar-refractivity contribution in [3.05, 3.63) is 60.4 Å². The van der Waals surface area contributed by atoms with Gasteiger partial charge in [-0.05, 0) is 30.7 Å². The molecule has 6 nitrogen and oxygen atoms in total. The Morgan fingerprint density at radius 1 is 1.19 bits per heavy atom. The Hall–Kier alpha value is -3.59. The first-order valence-electron chi connectivity index (χ1n) is 8.81. The molecule has 27 heavy (non-hydrogen) atoms. The lowest BCUT2D eigenvalue weighted by Crippen LogP contribution is -2.09. The summed E-state index contributed by atoms with van der Waals surface area (Å²) in [4.78, 5) is 4.36. The molecule has 0 atom stereocenters. The Labute approximate surface area is 157 Å². The Morgan fingerprint density at radius 2 is 2.07 bits per heavy atom. The van der Waals surface area contributed by atoms with Gasteiger partial charge in [-0.3, -0.25) is 9.67 Å². The van der Waals surface area contributed by atoms with E-state index in [1.165, 1.54) is 0 Å².